The van der Waals surface area contributed by atoms with E-state index in [0.29, 0.717) is 0 Å². The van der Waals surface area contributed by atoms with Crippen LogP contribution in [0.5, 0.6) is 0 Å². The van der Waals surface area contributed by atoms with Gasteiger partial charge in [-0.2, -0.15) is 0 Å². The van der Waals surface area contributed by atoms with E-state index >= 15 is 0 Å². The fourth-order valence-electron chi connectivity index (χ4n) is 0.939. The second-order valence-corrected chi connectivity index (χ2v) is 4.25. The number of hydrogen-bond acceptors (Lipinski definition) is 4. The van der Waals surface area contributed by atoms with Crippen molar-refractivity contribution < 1.29 is 4.92 Å². The fourth-order valence-corrected chi connectivity index (χ4v) is 1.21. The Labute approximate surface area is 97.3 Å². The van der Waals surface area contributed by atoms with Crippen LogP contribution >= 0.6 is 24.0 Å². The number of non-ortho nitro benzene ring substituents is 1. The topological polar surface area (TPSA) is 43.1 Å². The molecule has 3 nitrogen and oxygen atoms in total. The molecule has 1 rings (SSSR count). The number of benzene rings is 1. The zero-order chi connectivity index (χ0) is 11.3. The molecule has 5 heteroatoms. The van der Waals surface area contributed by atoms with Gasteiger partial charge in [0.25, 0.3) is 5.69 Å². The van der Waals surface area contributed by atoms with E-state index in [1.807, 2.05) is 12.3 Å². The Balaban J connectivity index is 2.77. The van der Waals surface area contributed by atoms with Crippen molar-refractivity contribution in [2.45, 2.75) is 0 Å². The number of hydrogen-bond donors (Lipinski definition) is 0. The van der Waals surface area contributed by atoms with Gasteiger partial charge in [0, 0.05) is 12.1 Å². The summed E-state index contributed by atoms with van der Waals surface area (Å²) >= 11 is 6.48. The van der Waals surface area contributed by atoms with E-state index in [4.69, 9.17) is 12.2 Å². The van der Waals surface area contributed by atoms with Crippen LogP contribution in [0.15, 0.2) is 30.3 Å². The molecule has 0 spiro atoms. The summed E-state index contributed by atoms with van der Waals surface area (Å²) in [7, 11) is 0. The largest absolute Gasteiger partial charge is 0.269 e. The predicted octanol–water partition coefficient (Wildman–Crippen LogP) is 3.30. The smallest absolute Gasteiger partial charge is 0.258 e. The minimum absolute atomic E-state index is 0.0968. The molecule has 1 aromatic carbocycles. The summed E-state index contributed by atoms with van der Waals surface area (Å²) < 4.78 is 0.786. The van der Waals surface area contributed by atoms with Crippen molar-refractivity contribution in [2.24, 2.45) is 0 Å². The molecule has 0 amide bonds. The molecule has 0 radical (unpaired) electrons. The monoisotopic (exact) mass is 239 g/mol. The van der Waals surface area contributed by atoms with Crippen LogP contribution in [0.25, 0.3) is 6.08 Å². The first kappa shape index (κ1) is 11.9. The van der Waals surface area contributed by atoms with E-state index in [9.17, 15) is 10.1 Å². The molecule has 0 bridgehead atoms. The van der Waals surface area contributed by atoms with Crippen molar-refractivity contribution >= 4 is 39.9 Å². The molecule has 78 valence electrons. The minimum Gasteiger partial charge on any atom is -0.258 e. The number of nitro benzene ring substituents is 1. The molecule has 0 fully saturated rings. The maximum Gasteiger partial charge on any atom is 0.269 e. The molecule has 0 saturated carbocycles. The lowest BCUT2D eigenvalue weighted by atomic mass is 10.2. The maximum atomic E-state index is 10.4. The number of rotatable bonds is 3. The van der Waals surface area contributed by atoms with Crippen molar-refractivity contribution in [3.05, 3.63) is 46.0 Å². The van der Waals surface area contributed by atoms with E-state index in [-0.39, 0.29) is 5.69 Å². The molecular weight excluding hydrogens is 230 g/mol. The Morgan fingerprint density at radius 3 is 2.53 bits per heavy atom. The van der Waals surface area contributed by atoms with Crippen molar-refractivity contribution in [3.8, 4) is 0 Å². The van der Waals surface area contributed by atoms with Crippen LogP contribution in [0.2, 0.25) is 0 Å². The highest BCUT2D eigenvalue weighted by Crippen LogP contribution is 2.13. The average molecular weight is 239 g/mol. The van der Waals surface area contributed by atoms with E-state index in [0.717, 1.165) is 9.76 Å². The first-order valence-corrected chi connectivity index (χ1v) is 5.77. The third-order valence-corrected chi connectivity index (χ3v) is 2.89. The fraction of sp³-hybridized carbons (Fsp3) is 0.100. The van der Waals surface area contributed by atoms with E-state index in [1.165, 1.54) is 23.9 Å². The summed E-state index contributed by atoms with van der Waals surface area (Å²) in [6, 6.07) is 6.33. The lowest BCUT2D eigenvalue weighted by Gasteiger charge is -1.93. The van der Waals surface area contributed by atoms with Gasteiger partial charge in [-0.15, -0.1) is 11.8 Å². The van der Waals surface area contributed by atoms with Crippen LogP contribution in [0.1, 0.15) is 5.56 Å². The highest BCUT2D eigenvalue weighted by molar-refractivity contribution is 8.23. The van der Waals surface area contributed by atoms with Crippen molar-refractivity contribution in [3.63, 3.8) is 0 Å². The van der Waals surface area contributed by atoms with E-state index in [2.05, 4.69) is 0 Å². The van der Waals surface area contributed by atoms with Crippen LogP contribution < -0.4 is 0 Å². The van der Waals surface area contributed by atoms with Gasteiger partial charge in [-0.3, -0.25) is 10.1 Å². The molecule has 0 aromatic heterocycles. The molecule has 0 atom stereocenters. The van der Waals surface area contributed by atoms with Gasteiger partial charge in [0.15, 0.2) is 0 Å². The van der Waals surface area contributed by atoms with Gasteiger partial charge < -0.3 is 0 Å². The van der Waals surface area contributed by atoms with Gasteiger partial charge in [0.2, 0.25) is 0 Å². The van der Waals surface area contributed by atoms with Gasteiger partial charge in [0.05, 0.1) is 9.12 Å². The van der Waals surface area contributed by atoms with Crippen molar-refractivity contribution in [2.75, 3.05) is 6.26 Å². The first-order valence-electron chi connectivity index (χ1n) is 4.14. The standard InChI is InChI=1S/C10H9NO2S2/c1-15-10(14)7-4-8-2-5-9(6-3-8)11(12)13/h2-7H,1H3/b7-4+. The van der Waals surface area contributed by atoms with Crippen LogP contribution in [-0.2, 0) is 0 Å². The lowest BCUT2D eigenvalue weighted by molar-refractivity contribution is -0.384. The highest BCUT2D eigenvalue weighted by Gasteiger charge is 2.01. The molecule has 0 aliphatic heterocycles. The van der Waals surface area contributed by atoms with E-state index in [1.54, 1.807) is 18.2 Å². The number of thiocarbonyl (C=S) groups is 1. The Hall–Kier alpha value is -1.20. The quantitative estimate of drug-likeness (QED) is 0.351. The summed E-state index contributed by atoms with van der Waals surface area (Å²) in [4.78, 5) is 9.97. The minimum atomic E-state index is -0.417. The number of nitro groups is 1. The Morgan fingerprint density at radius 2 is 2.07 bits per heavy atom. The first-order chi connectivity index (χ1) is 7.13. The number of thioether (sulfide) groups is 1. The van der Waals surface area contributed by atoms with E-state index < -0.39 is 4.92 Å². The summed E-state index contributed by atoms with van der Waals surface area (Å²) in [5.41, 5.74) is 0.997. The van der Waals surface area contributed by atoms with Gasteiger partial charge in [-0.1, -0.05) is 18.3 Å². The highest BCUT2D eigenvalue weighted by atomic mass is 32.2. The van der Waals surface area contributed by atoms with Gasteiger partial charge in [-0.05, 0) is 30.0 Å². The van der Waals surface area contributed by atoms with Crippen molar-refractivity contribution in [1.82, 2.24) is 0 Å². The molecule has 0 N–H and O–H groups in total. The molecule has 0 aliphatic carbocycles. The summed E-state index contributed by atoms with van der Waals surface area (Å²) in [5, 5.41) is 10.4. The van der Waals surface area contributed by atoms with Crippen LogP contribution in [0, 0.1) is 10.1 Å². The molecule has 0 saturated heterocycles. The molecule has 15 heavy (non-hydrogen) atoms. The Kier molecular flexibility index (Phi) is 4.45. The SMILES string of the molecule is CSC(=S)/C=C/c1ccc([N+](=O)[O-])cc1. The summed E-state index contributed by atoms with van der Waals surface area (Å²) in [5.74, 6) is 0. The zero-order valence-corrected chi connectivity index (χ0v) is 9.68. The Morgan fingerprint density at radius 1 is 1.47 bits per heavy atom. The molecule has 0 heterocycles. The van der Waals surface area contributed by atoms with Crippen LogP contribution in [-0.4, -0.2) is 15.4 Å². The normalized spacial score (nSPS) is 10.5. The second kappa shape index (κ2) is 5.63. The zero-order valence-electron chi connectivity index (χ0n) is 8.04. The lowest BCUT2D eigenvalue weighted by Crippen LogP contribution is -1.86. The second-order valence-electron chi connectivity index (χ2n) is 2.71. The predicted molar refractivity (Wildman–Crippen MR) is 68.2 cm³/mol. The van der Waals surface area contributed by atoms with Gasteiger partial charge in [0.1, 0.15) is 0 Å². The van der Waals surface area contributed by atoms with Gasteiger partial charge in [-0.25, -0.2) is 0 Å². The third-order valence-electron chi connectivity index (χ3n) is 1.72. The molecule has 0 aliphatic rings. The molecule has 0 unspecified atom stereocenters. The van der Waals surface area contributed by atoms with Crippen LogP contribution in [0.4, 0.5) is 5.69 Å². The average Bonchev–Trinajstić information content (AvgIpc) is 2.26. The molecular formula is C10H9NO2S2. The summed E-state index contributed by atoms with van der Waals surface area (Å²) in [6.45, 7) is 0. The van der Waals surface area contributed by atoms with Gasteiger partial charge >= 0.3 is 0 Å². The Bertz CT molecular complexity index is 398. The number of nitrogens with zero attached hydrogens (tertiary/aromatic N) is 1. The van der Waals surface area contributed by atoms with Crippen LogP contribution in [0.3, 0.4) is 0 Å². The summed E-state index contributed by atoms with van der Waals surface area (Å²) in [6.07, 6.45) is 5.55. The maximum absolute atomic E-state index is 10.4. The molecule has 1 aromatic rings. The third kappa shape index (κ3) is 3.81. The van der Waals surface area contributed by atoms with Crippen molar-refractivity contribution in [1.29, 1.82) is 0 Å².